The van der Waals surface area contributed by atoms with Gasteiger partial charge in [-0.15, -0.1) is 0 Å². The average Bonchev–Trinajstić information content (AvgIpc) is 2.80. The Labute approximate surface area is 109 Å². The van der Waals surface area contributed by atoms with E-state index in [1.54, 1.807) is 12.1 Å². The Morgan fingerprint density at radius 1 is 1.58 bits per heavy atom. The number of nitrogens with zero attached hydrogens (tertiary/aromatic N) is 2. The molecule has 6 nitrogen and oxygen atoms in total. The molecule has 1 N–H and O–H groups in total. The zero-order valence-corrected chi connectivity index (χ0v) is 10.3. The Morgan fingerprint density at radius 3 is 2.84 bits per heavy atom. The maximum absolute atomic E-state index is 11.9. The first-order chi connectivity index (χ1) is 9.06. The van der Waals surface area contributed by atoms with E-state index < -0.39 is 11.9 Å². The first kappa shape index (κ1) is 12.9. The van der Waals surface area contributed by atoms with Gasteiger partial charge < -0.3 is 14.7 Å². The minimum Gasteiger partial charge on any atom is -0.495 e. The summed E-state index contributed by atoms with van der Waals surface area (Å²) in [6.45, 7) is 0.121. The molecule has 1 heterocycles. The van der Waals surface area contributed by atoms with Crippen LogP contribution in [0.15, 0.2) is 18.2 Å². The van der Waals surface area contributed by atoms with Crippen LogP contribution in [-0.2, 0) is 9.59 Å². The van der Waals surface area contributed by atoms with Gasteiger partial charge in [0.25, 0.3) is 0 Å². The molecule has 0 saturated carbocycles. The molecule has 1 atom stereocenters. The second-order valence-electron chi connectivity index (χ2n) is 4.24. The zero-order chi connectivity index (χ0) is 14.0. The van der Waals surface area contributed by atoms with Gasteiger partial charge in [-0.1, -0.05) is 0 Å². The number of carbonyl (C=O) groups is 2. The second kappa shape index (κ2) is 4.98. The number of carboxylic acid groups (broad SMARTS) is 1. The van der Waals surface area contributed by atoms with Crippen LogP contribution in [0.1, 0.15) is 12.0 Å². The minimum atomic E-state index is -0.983. The maximum Gasteiger partial charge on any atom is 0.308 e. The van der Waals surface area contributed by atoms with Gasteiger partial charge in [0, 0.05) is 19.0 Å². The summed E-state index contributed by atoms with van der Waals surface area (Å²) in [7, 11) is 1.44. The standard InChI is InChI=1S/C13H12N2O4/c1-19-11-4-8(6-14)2-3-10(11)15-7-9(13(17)18)5-12(15)16/h2-4,9H,5,7H2,1H3,(H,17,18). The highest BCUT2D eigenvalue weighted by Gasteiger charge is 2.36. The average molecular weight is 260 g/mol. The minimum absolute atomic E-state index is 0.0154. The molecule has 1 aromatic rings. The summed E-state index contributed by atoms with van der Waals surface area (Å²) in [4.78, 5) is 24.2. The topological polar surface area (TPSA) is 90.6 Å². The summed E-state index contributed by atoms with van der Waals surface area (Å²) in [6.07, 6.45) is -0.0154. The summed E-state index contributed by atoms with van der Waals surface area (Å²) in [5.41, 5.74) is 0.914. The molecular formula is C13H12N2O4. The Bertz CT molecular complexity index is 576. The number of anilines is 1. The molecule has 0 spiro atoms. The molecule has 0 bridgehead atoms. The Hall–Kier alpha value is -2.55. The number of carbonyl (C=O) groups excluding carboxylic acids is 1. The van der Waals surface area contributed by atoms with Crippen molar-refractivity contribution in [2.75, 3.05) is 18.6 Å². The van der Waals surface area contributed by atoms with Crippen molar-refractivity contribution in [1.82, 2.24) is 0 Å². The number of amides is 1. The number of hydrogen-bond donors (Lipinski definition) is 1. The van der Waals surface area contributed by atoms with Crippen LogP contribution in [-0.4, -0.2) is 30.6 Å². The van der Waals surface area contributed by atoms with Crippen molar-refractivity contribution in [1.29, 1.82) is 5.26 Å². The Kier molecular flexibility index (Phi) is 3.38. The summed E-state index contributed by atoms with van der Waals surface area (Å²) in [6, 6.07) is 6.67. The molecule has 0 radical (unpaired) electrons. The fourth-order valence-corrected chi connectivity index (χ4v) is 2.08. The van der Waals surface area contributed by atoms with Crippen molar-refractivity contribution in [3.05, 3.63) is 23.8 Å². The summed E-state index contributed by atoms with van der Waals surface area (Å²) < 4.78 is 5.15. The van der Waals surface area contributed by atoms with E-state index in [0.29, 0.717) is 17.0 Å². The van der Waals surface area contributed by atoms with E-state index in [1.807, 2.05) is 6.07 Å². The van der Waals surface area contributed by atoms with E-state index in [-0.39, 0.29) is 18.9 Å². The number of rotatable bonds is 3. The van der Waals surface area contributed by atoms with Gasteiger partial charge in [0.15, 0.2) is 0 Å². The number of carboxylic acids is 1. The molecule has 1 aliphatic rings. The van der Waals surface area contributed by atoms with Crippen molar-refractivity contribution in [2.45, 2.75) is 6.42 Å². The van der Waals surface area contributed by atoms with Crippen LogP contribution in [0.25, 0.3) is 0 Å². The summed E-state index contributed by atoms with van der Waals surface area (Å²) >= 11 is 0. The Balaban J connectivity index is 2.35. The summed E-state index contributed by atoms with van der Waals surface area (Å²) in [5, 5.41) is 17.8. The highest BCUT2D eigenvalue weighted by molar-refractivity contribution is 6.00. The molecule has 2 rings (SSSR count). The molecule has 0 aliphatic carbocycles. The lowest BCUT2D eigenvalue weighted by Gasteiger charge is -2.19. The third-order valence-electron chi connectivity index (χ3n) is 3.07. The molecule has 98 valence electrons. The van der Waals surface area contributed by atoms with Gasteiger partial charge in [-0.3, -0.25) is 9.59 Å². The number of nitriles is 1. The van der Waals surface area contributed by atoms with E-state index in [1.165, 1.54) is 18.1 Å². The predicted octanol–water partition coefficient (Wildman–Crippen LogP) is 1.00. The first-order valence-electron chi connectivity index (χ1n) is 5.68. The maximum atomic E-state index is 11.9. The molecule has 1 aliphatic heterocycles. The molecule has 1 unspecified atom stereocenters. The van der Waals surface area contributed by atoms with Crippen LogP contribution in [0.5, 0.6) is 5.75 Å². The highest BCUT2D eigenvalue weighted by Crippen LogP contribution is 2.33. The summed E-state index contributed by atoms with van der Waals surface area (Å²) in [5.74, 6) is -1.55. The molecule has 0 aromatic heterocycles. The van der Waals surface area contributed by atoms with E-state index in [9.17, 15) is 9.59 Å². The molecular weight excluding hydrogens is 248 g/mol. The SMILES string of the molecule is COc1cc(C#N)ccc1N1CC(C(=O)O)CC1=O. The lowest BCUT2D eigenvalue weighted by molar-refractivity contribution is -0.141. The molecule has 19 heavy (non-hydrogen) atoms. The van der Waals surface area contributed by atoms with Gasteiger partial charge in [0.2, 0.25) is 5.91 Å². The van der Waals surface area contributed by atoms with Crippen molar-refractivity contribution >= 4 is 17.6 Å². The molecule has 1 aromatic carbocycles. The molecule has 1 saturated heterocycles. The third kappa shape index (κ3) is 2.36. The normalized spacial score (nSPS) is 18.2. The first-order valence-corrected chi connectivity index (χ1v) is 5.68. The van der Waals surface area contributed by atoms with Crippen molar-refractivity contribution in [3.63, 3.8) is 0 Å². The molecule has 6 heteroatoms. The lowest BCUT2D eigenvalue weighted by atomic mass is 10.1. The zero-order valence-electron chi connectivity index (χ0n) is 10.3. The smallest absolute Gasteiger partial charge is 0.308 e. The van der Waals surface area contributed by atoms with E-state index >= 15 is 0 Å². The van der Waals surface area contributed by atoms with Gasteiger partial charge in [-0.2, -0.15) is 5.26 Å². The van der Waals surface area contributed by atoms with Crippen molar-refractivity contribution < 1.29 is 19.4 Å². The largest absolute Gasteiger partial charge is 0.495 e. The van der Waals surface area contributed by atoms with Gasteiger partial charge in [-0.05, 0) is 12.1 Å². The fraction of sp³-hybridized carbons (Fsp3) is 0.308. The second-order valence-corrected chi connectivity index (χ2v) is 4.24. The fourth-order valence-electron chi connectivity index (χ4n) is 2.08. The van der Waals surface area contributed by atoms with Gasteiger partial charge in [0.1, 0.15) is 5.75 Å². The van der Waals surface area contributed by atoms with Crippen molar-refractivity contribution in [3.8, 4) is 11.8 Å². The number of ether oxygens (including phenoxy) is 1. The Morgan fingerprint density at radius 2 is 2.32 bits per heavy atom. The van der Waals surface area contributed by atoms with E-state index in [4.69, 9.17) is 15.1 Å². The molecule has 1 fully saturated rings. The van der Waals surface area contributed by atoms with Crippen LogP contribution in [0.4, 0.5) is 5.69 Å². The van der Waals surface area contributed by atoms with E-state index in [2.05, 4.69) is 0 Å². The van der Waals surface area contributed by atoms with Crippen LogP contribution >= 0.6 is 0 Å². The van der Waals surface area contributed by atoms with Gasteiger partial charge in [-0.25, -0.2) is 0 Å². The monoisotopic (exact) mass is 260 g/mol. The lowest BCUT2D eigenvalue weighted by Crippen LogP contribution is -2.26. The van der Waals surface area contributed by atoms with Crippen LogP contribution < -0.4 is 9.64 Å². The number of methoxy groups -OCH3 is 1. The van der Waals surface area contributed by atoms with Crippen molar-refractivity contribution in [2.24, 2.45) is 5.92 Å². The van der Waals surface area contributed by atoms with Crippen LogP contribution in [0, 0.1) is 17.2 Å². The van der Waals surface area contributed by atoms with E-state index in [0.717, 1.165) is 0 Å². The van der Waals surface area contributed by atoms with Gasteiger partial charge in [0.05, 0.1) is 30.3 Å². The number of hydrogen-bond acceptors (Lipinski definition) is 4. The van der Waals surface area contributed by atoms with Crippen LogP contribution in [0.2, 0.25) is 0 Å². The number of aliphatic carboxylic acids is 1. The predicted molar refractivity (Wildman–Crippen MR) is 65.8 cm³/mol. The number of benzene rings is 1. The quantitative estimate of drug-likeness (QED) is 0.875. The van der Waals surface area contributed by atoms with Crippen LogP contribution in [0.3, 0.4) is 0 Å². The highest BCUT2D eigenvalue weighted by atomic mass is 16.5. The van der Waals surface area contributed by atoms with Gasteiger partial charge >= 0.3 is 5.97 Å². The molecule has 1 amide bonds. The third-order valence-corrected chi connectivity index (χ3v) is 3.07.